The zero-order valence-corrected chi connectivity index (χ0v) is 17.3. The first-order valence-electron chi connectivity index (χ1n) is 9.03. The number of nitrogens with zero attached hydrogens (tertiary/aromatic N) is 1. The third kappa shape index (κ3) is 5.42. The number of hydrogen-bond donors (Lipinski definition) is 2. The Balaban J connectivity index is 0.00000210. The van der Waals surface area contributed by atoms with Gasteiger partial charge in [0.15, 0.2) is 5.13 Å². The molecule has 2 aromatic rings. The van der Waals surface area contributed by atoms with E-state index in [9.17, 15) is 4.79 Å². The van der Waals surface area contributed by atoms with Crippen LogP contribution in [0, 0.1) is 0 Å². The molecule has 1 saturated heterocycles. The number of aromatic nitrogens is 1. The molecule has 1 unspecified atom stereocenters. The molecule has 4 rings (SSSR count). The van der Waals surface area contributed by atoms with Crippen LogP contribution in [0.4, 0.5) is 5.13 Å². The molecule has 5 nitrogen and oxygen atoms in total. The van der Waals surface area contributed by atoms with Crippen molar-refractivity contribution < 1.29 is 9.53 Å². The average molecular weight is 428 g/mol. The first-order chi connectivity index (χ1) is 12.7. The smallest absolute Gasteiger partial charge is 0.227 e. The topological polar surface area (TPSA) is 63.2 Å². The van der Waals surface area contributed by atoms with Gasteiger partial charge in [-0.2, -0.15) is 0 Å². The summed E-state index contributed by atoms with van der Waals surface area (Å²) in [5, 5.41) is 7.74. The molecule has 8 heteroatoms. The van der Waals surface area contributed by atoms with Crippen LogP contribution in [0.15, 0.2) is 24.3 Å². The fourth-order valence-corrected chi connectivity index (χ4v) is 4.47. The van der Waals surface area contributed by atoms with Crippen LogP contribution >= 0.6 is 35.3 Å². The monoisotopic (exact) mass is 427 g/mol. The van der Waals surface area contributed by atoms with E-state index >= 15 is 0 Å². The number of rotatable bonds is 6. The Hall–Kier alpha value is -1.18. The number of carbonyl (C=O) groups excluding carboxylic acids is 1. The first kappa shape index (κ1) is 20.6. The number of anilines is 1. The summed E-state index contributed by atoms with van der Waals surface area (Å²) in [7, 11) is 0. The molecule has 146 valence electrons. The third-order valence-corrected chi connectivity index (χ3v) is 6.03. The number of carbonyl (C=O) groups is 1. The van der Waals surface area contributed by atoms with Gasteiger partial charge in [0.1, 0.15) is 0 Å². The number of benzene rings is 1. The summed E-state index contributed by atoms with van der Waals surface area (Å²) in [6, 6.07) is 7.98. The Morgan fingerprint density at radius 3 is 2.89 bits per heavy atom. The lowest BCUT2D eigenvalue weighted by Crippen LogP contribution is -2.43. The second-order valence-electron chi connectivity index (χ2n) is 6.85. The highest BCUT2D eigenvalue weighted by Gasteiger charge is 2.30. The largest absolute Gasteiger partial charge is 0.378 e. The lowest BCUT2D eigenvalue weighted by molar-refractivity contribution is -0.117. The molecule has 1 aliphatic carbocycles. The van der Waals surface area contributed by atoms with Crippen molar-refractivity contribution >= 4 is 46.4 Å². The second-order valence-corrected chi connectivity index (χ2v) is 8.34. The molecule has 1 aliphatic heterocycles. The maximum atomic E-state index is 12.3. The molecule has 1 aromatic carbocycles. The van der Waals surface area contributed by atoms with E-state index in [-0.39, 0.29) is 24.4 Å². The van der Waals surface area contributed by atoms with Gasteiger partial charge in [-0.15, -0.1) is 23.7 Å². The van der Waals surface area contributed by atoms with Gasteiger partial charge in [0, 0.05) is 41.2 Å². The van der Waals surface area contributed by atoms with Crippen LogP contribution in [0.3, 0.4) is 0 Å². The summed E-state index contributed by atoms with van der Waals surface area (Å²) in [6.45, 7) is 2.08. The van der Waals surface area contributed by atoms with Gasteiger partial charge in [0.2, 0.25) is 5.91 Å². The number of morpholine rings is 1. The summed E-state index contributed by atoms with van der Waals surface area (Å²) >= 11 is 7.89. The lowest BCUT2D eigenvalue weighted by Gasteiger charge is -2.22. The van der Waals surface area contributed by atoms with Crippen LogP contribution in [0.1, 0.15) is 41.3 Å². The fourth-order valence-electron chi connectivity index (χ4n) is 3.18. The molecule has 2 N–H and O–H groups in total. The number of halogens is 2. The highest BCUT2D eigenvalue weighted by atomic mass is 35.5. The van der Waals surface area contributed by atoms with Gasteiger partial charge in [0.05, 0.1) is 18.9 Å². The Bertz CT molecular complexity index is 789. The quantitative estimate of drug-likeness (QED) is 0.730. The third-order valence-electron chi connectivity index (χ3n) is 4.68. The predicted octanol–water partition coefficient (Wildman–Crippen LogP) is 4.00. The number of nitrogens with one attached hydrogen (secondary N) is 2. The standard InChI is InChI=1S/C19H22ClN3O2S.ClH/c20-15-4-2-1-3-13(15)9-16-18(12-5-6-12)23-19(26-16)22-17(24)10-14-11-25-8-7-21-14;/h1-4,12,14,21H,5-11H2,(H,22,23,24);1H. The number of thiazole rings is 1. The van der Waals surface area contributed by atoms with Crippen molar-refractivity contribution in [1.29, 1.82) is 0 Å². The zero-order valence-electron chi connectivity index (χ0n) is 14.9. The van der Waals surface area contributed by atoms with E-state index in [1.54, 1.807) is 11.3 Å². The molecule has 2 aliphatic rings. The van der Waals surface area contributed by atoms with E-state index in [0.29, 0.717) is 30.7 Å². The van der Waals surface area contributed by atoms with Gasteiger partial charge in [-0.25, -0.2) is 4.98 Å². The summed E-state index contributed by atoms with van der Waals surface area (Å²) < 4.78 is 5.41. The normalized spacial score (nSPS) is 19.4. The minimum Gasteiger partial charge on any atom is -0.378 e. The molecule has 0 radical (unpaired) electrons. The predicted molar refractivity (Wildman–Crippen MR) is 111 cm³/mol. The van der Waals surface area contributed by atoms with Crippen LogP contribution in [0.5, 0.6) is 0 Å². The molecular weight excluding hydrogens is 405 g/mol. The van der Waals surface area contributed by atoms with Crippen LogP contribution < -0.4 is 10.6 Å². The van der Waals surface area contributed by atoms with Crippen molar-refractivity contribution in [2.45, 2.75) is 37.6 Å². The molecule has 1 aromatic heterocycles. The van der Waals surface area contributed by atoms with E-state index in [1.807, 2.05) is 24.3 Å². The van der Waals surface area contributed by atoms with E-state index in [1.165, 1.54) is 17.7 Å². The maximum Gasteiger partial charge on any atom is 0.227 e. The van der Waals surface area contributed by atoms with Crippen LogP contribution in [-0.2, 0) is 16.0 Å². The highest BCUT2D eigenvalue weighted by Crippen LogP contribution is 2.44. The van der Waals surface area contributed by atoms with Gasteiger partial charge < -0.3 is 15.4 Å². The SMILES string of the molecule is Cl.O=C(CC1COCCN1)Nc1nc(C2CC2)c(Cc2ccccc2Cl)s1. The summed E-state index contributed by atoms with van der Waals surface area (Å²) in [6.07, 6.45) is 3.52. The van der Waals surface area contributed by atoms with Crippen LogP contribution in [0.25, 0.3) is 0 Å². The fraction of sp³-hybridized carbons (Fsp3) is 0.474. The van der Waals surface area contributed by atoms with Crippen molar-refractivity contribution in [1.82, 2.24) is 10.3 Å². The first-order valence-corrected chi connectivity index (χ1v) is 10.2. The van der Waals surface area contributed by atoms with E-state index in [0.717, 1.165) is 29.2 Å². The Labute approximate surface area is 174 Å². The van der Waals surface area contributed by atoms with Gasteiger partial charge >= 0.3 is 0 Å². The Kier molecular flexibility index (Phi) is 7.11. The minimum atomic E-state index is -0.0200. The average Bonchev–Trinajstić information content (AvgIpc) is 3.40. The highest BCUT2D eigenvalue weighted by molar-refractivity contribution is 7.15. The molecule has 1 atom stereocenters. The van der Waals surface area contributed by atoms with E-state index in [2.05, 4.69) is 10.6 Å². The van der Waals surface area contributed by atoms with Gasteiger partial charge in [-0.3, -0.25) is 4.79 Å². The molecule has 2 heterocycles. The number of hydrogen-bond acceptors (Lipinski definition) is 5. The molecule has 0 bridgehead atoms. The van der Waals surface area contributed by atoms with Crippen molar-refractivity contribution in [3.8, 4) is 0 Å². The molecule has 2 fully saturated rings. The minimum absolute atomic E-state index is 0. The molecular formula is C19H23Cl2N3O2S. The van der Waals surface area contributed by atoms with Gasteiger partial charge in [-0.05, 0) is 24.5 Å². The zero-order chi connectivity index (χ0) is 17.9. The lowest BCUT2D eigenvalue weighted by atomic mass is 10.1. The van der Waals surface area contributed by atoms with Crippen LogP contribution in [0.2, 0.25) is 5.02 Å². The van der Waals surface area contributed by atoms with Gasteiger partial charge in [-0.1, -0.05) is 29.8 Å². The maximum absolute atomic E-state index is 12.3. The van der Waals surface area contributed by atoms with E-state index in [4.69, 9.17) is 21.3 Å². The molecule has 0 spiro atoms. The second kappa shape index (κ2) is 9.34. The van der Waals surface area contributed by atoms with Crippen molar-refractivity contribution in [2.24, 2.45) is 0 Å². The Morgan fingerprint density at radius 2 is 2.19 bits per heavy atom. The number of ether oxygens (including phenoxy) is 1. The molecule has 1 amide bonds. The van der Waals surface area contributed by atoms with Crippen molar-refractivity contribution in [3.05, 3.63) is 45.4 Å². The van der Waals surface area contributed by atoms with E-state index < -0.39 is 0 Å². The van der Waals surface area contributed by atoms with Crippen LogP contribution in [-0.4, -0.2) is 36.7 Å². The molecule has 27 heavy (non-hydrogen) atoms. The molecule has 1 saturated carbocycles. The van der Waals surface area contributed by atoms with Crippen molar-refractivity contribution in [3.63, 3.8) is 0 Å². The summed E-state index contributed by atoms with van der Waals surface area (Å²) in [5.74, 6) is 0.510. The van der Waals surface area contributed by atoms with Gasteiger partial charge in [0.25, 0.3) is 0 Å². The van der Waals surface area contributed by atoms with Crippen molar-refractivity contribution in [2.75, 3.05) is 25.1 Å². The Morgan fingerprint density at radius 1 is 1.37 bits per heavy atom. The summed E-state index contributed by atoms with van der Waals surface area (Å²) in [5.41, 5.74) is 2.23. The number of amides is 1. The summed E-state index contributed by atoms with van der Waals surface area (Å²) in [4.78, 5) is 18.3.